The second-order valence-electron chi connectivity index (χ2n) is 5.64. The number of amides is 1. The predicted octanol–water partition coefficient (Wildman–Crippen LogP) is 2.65. The Hall–Kier alpha value is -1.35. The minimum absolute atomic E-state index is 0.0687. The van der Waals surface area contributed by atoms with Gasteiger partial charge >= 0.3 is 0 Å². The zero-order chi connectivity index (χ0) is 14.0. The van der Waals surface area contributed by atoms with Crippen molar-refractivity contribution in [3.63, 3.8) is 0 Å². The highest BCUT2D eigenvalue weighted by Gasteiger charge is 2.28. The molecule has 0 radical (unpaired) electrons. The van der Waals surface area contributed by atoms with E-state index in [0.717, 1.165) is 31.5 Å². The molecule has 1 amide bonds. The van der Waals surface area contributed by atoms with Crippen LogP contribution in [-0.4, -0.2) is 18.5 Å². The largest absolute Gasteiger partial charge is 0.320 e. The number of hydrogen-bond donors (Lipinski definition) is 1. The van der Waals surface area contributed by atoms with E-state index in [1.807, 2.05) is 11.8 Å². The summed E-state index contributed by atoms with van der Waals surface area (Å²) in [4.78, 5) is 14.4. The fourth-order valence-corrected chi connectivity index (χ4v) is 2.63. The van der Waals surface area contributed by atoms with Crippen LogP contribution < -0.4 is 10.6 Å². The van der Waals surface area contributed by atoms with Gasteiger partial charge in [0.2, 0.25) is 5.91 Å². The van der Waals surface area contributed by atoms with E-state index in [2.05, 4.69) is 32.0 Å². The van der Waals surface area contributed by atoms with Crippen molar-refractivity contribution in [3.05, 3.63) is 29.3 Å². The fourth-order valence-electron chi connectivity index (χ4n) is 2.63. The summed E-state index contributed by atoms with van der Waals surface area (Å²) in [7, 11) is 0. The molecule has 0 saturated carbocycles. The maximum Gasteiger partial charge on any atom is 0.244 e. The Labute approximate surface area is 115 Å². The molecule has 2 N–H and O–H groups in total. The SMILES string of the molecule is CCC(C)C(N)C(=O)N1CCCc2cc(C)ccc21. The Morgan fingerprint density at radius 2 is 2.21 bits per heavy atom. The van der Waals surface area contributed by atoms with E-state index in [1.54, 1.807) is 0 Å². The van der Waals surface area contributed by atoms with Crippen LogP contribution in [0.2, 0.25) is 0 Å². The first-order chi connectivity index (χ1) is 9.04. The van der Waals surface area contributed by atoms with Crippen LogP contribution in [0.4, 0.5) is 5.69 Å². The van der Waals surface area contributed by atoms with Crippen molar-refractivity contribution in [1.82, 2.24) is 0 Å². The second-order valence-corrected chi connectivity index (χ2v) is 5.64. The van der Waals surface area contributed by atoms with Gasteiger partial charge in [0.15, 0.2) is 0 Å². The van der Waals surface area contributed by atoms with Crippen LogP contribution in [0.5, 0.6) is 0 Å². The molecule has 1 aliphatic heterocycles. The number of benzene rings is 1. The maximum atomic E-state index is 12.5. The van der Waals surface area contributed by atoms with E-state index in [1.165, 1.54) is 11.1 Å². The number of fused-ring (bicyclic) bond motifs is 1. The zero-order valence-corrected chi connectivity index (χ0v) is 12.1. The number of rotatable bonds is 3. The molecule has 2 rings (SSSR count). The van der Waals surface area contributed by atoms with Crippen molar-refractivity contribution in [1.29, 1.82) is 0 Å². The topological polar surface area (TPSA) is 46.3 Å². The van der Waals surface area contributed by atoms with Crippen LogP contribution in [0.25, 0.3) is 0 Å². The van der Waals surface area contributed by atoms with Crippen molar-refractivity contribution >= 4 is 11.6 Å². The van der Waals surface area contributed by atoms with E-state index in [9.17, 15) is 4.79 Å². The molecule has 1 aromatic carbocycles. The smallest absolute Gasteiger partial charge is 0.244 e. The van der Waals surface area contributed by atoms with E-state index in [4.69, 9.17) is 5.73 Å². The normalized spacial score (nSPS) is 17.8. The average Bonchev–Trinajstić information content (AvgIpc) is 2.43. The lowest BCUT2D eigenvalue weighted by atomic mass is 9.95. The average molecular weight is 260 g/mol. The Morgan fingerprint density at radius 3 is 2.89 bits per heavy atom. The van der Waals surface area contributed by atoms with E-state index < -0.39 is 6.04 Å². The molecule has 0 aliphatic carbocycles. The molecule has 19 heavy (non-hydrogen) atoms. The van der Waals surface area contributed by atoms with Gasteiger partial charge in [0.05, 0.1) is 6.04 Å². The first-order valence-electron chi connectivity index (χ1n) is 7.21. The van der Waals surface area contributed by atoms with E-state index >= 15 is 0 Å². The lowest BCUT2D eigenvalue weighted by Gasteiger charge is -2.33. The molecule has 1 aromatic rings. The number of nitrogens with zero attached hydrogens (tertiary/aromatic N) is 1. The van der Waals surface area contributed by atoms with Gasteiger partial charge < -0.3 is 10.6 Å². The third-order valence-electron chi connectivity index (χ3n) is 4.16. The quantitative estimate of drug-likeness (QED) is 0.908. The summed E-state index contributed by atoms with van der Waals surface area (Å²) >= 11 is 0. The monoisotopic (exact) mass is 260 g/mol. The van der Waals surface area contributed by atoms with E-state index in [-0.39, 0.29) is 11.8 Å². The number of carbonyl (C=O) groups is 1. The van der Waals surface area contributed by atoms with Gasteiger partial charge in [0.25, 0.3) is 0 Å². The predicted molar refractivity (Wildman–Crippen MR) is 79.3 cm³/mol. The van der Waals surface area contributed by atoms with E-state index in [0.29, 0.717) is 0 Å². The van der Waals surface area contributed by atoms with Crippen molar-refractivity contribution in [3.8, 4) is 0 Å². The van der Waals surface area contributed by atoms with Crippen LogP contribution in [-0.2, 0) is 11.2 Å². The molecule has 0 spiro atoms. The van der Waals surface area contributed by atoms with Crippen LogP contribution in [0, 0.1) is 12.8 Å². The summed E-state index contributed by atoms with van der Waals surface area (Å²) in [5, 5.41) is 0. The van der Waals surface area contributed by atoms with Gasteiger partial charge in [-0.2, -0.15) is 0 Å². The van der Waals surface area contributed by atoms with Crippen LogP contribution in [0.3, 0.4) is 0 Å². The Kier molecular flexibility index (Phi) is 4.25. The van der Waals surface area contributed by atoms with Gasteiger partial charge in [-0.25, -0.2) is 0 Å². The molecule has 3 heteroatoms. The van der Waals surface area contributed by atoms with Crippen LogP contribution in [0.1, 0.15) is 37.8 Å². The molecule has 2 atom stereocenters. The number of anilines is 1. The van der Waals surface area contributed by atoms with Gasteiger partial charge in [-0.05, 0) is 37.3 Å². The standard InChI is InChI=1S/C16H24N2O/c1-4-12(3)15(17)16(19)18-9-5-6-13-10-11(2)7-8-14(13)18/h7-8,10,12,15H,4-6,9,17H2,1-3H3. The molecule has 2 unspecified atom stereocenters. The minimum Gasteiger partial charge on any atom is -0.320 e. The molecule has 0 aromatic heterocycles. The first-order valence-corrected chi connectivity index (χ1v) is 7.21. The summed E-state index contributed by atoms with van der Waals surface area (Å²) < 4.78 is 0. The van der Waals surface area contributed by atoms with Gasteiger partial charge in [-0.3, -0.25) is 4.79 Å². The number of nitrogens with two attached hydrogens (primary N) is 1. The molecule has 1 aliphatic rings. The van der Waals surface area contributed by atoms with Crippen LogP contribution >= 0.6 is 0 Å². The summed E-state index contributed by atoms with van der Waals surface area (Å²) in [6.45, 7) is 7.00. The number of hydrogen-bond acceptors (Lipinski definition) is 2. The molecule has 0 bridgehead atoms. The molecular formula is C16H24N2O. The van der Waals surface area contributed by atoms with Crippen LogP contribution in [0.15, 0.2) is 18.2 Å². The molecular weight excluding hydrogens is 236 g/mol. The number of carbonyl (C=O) groups excluding carboxylic acids is 1. The lowest BCUT2D eigenvalue weighted by molar-refractivity contribution is -0.120. The third kappa shape index (κ3) is 2.81. The third-order valence-corrected chi connectivity index (χ3v) is 4.16. The summed E-state index contributed by atoms with van der Waals surface area (Å²) in [5.41, 5.74) is 9.68. The molecule has 0 saturated heterocycles. The van der Waals surface area contributed by atoms with Crippen molar-refractivity contribution in [2.24, 2.45) is 11.7 Å². The van der Waals surface area contributed by atoms with Gasteiger partial charge in [-0.15, -0.1) is 0 Å². The lowest BCUT2D eigenvalue weighted by Crippen LogP contribution is -2.48. The maximum absolute atomic E-state index is 12.5. The zero-order valence-electron chi connectivity index (χ0n) is 12.1. The summed E-state index contributed by atoms with van der Waals surface area (Å²) in [6, 6.07) is 5.92. The number of aryl methyl sites for hydroxylation is 2. The Balaban J connectivity index is 2.26. The summed E-state index contributed by atoms with van der Waals surface area (Å²) in [5.74, 6) is 0.294. The second kappa shape index (κ2) is 5.74. The van der Waals surface area contributed by atoms with Crippen molar-refractivity contribution in [2.75, 3.05) is 11.4 Å². The Bertz CT molecular complexity index is 470. The van der Waals surface area contributed by atoms with Crippen molar-refractivity contribution < 1.29 is 4.79 Å². The molecule has 104 valence electrons. The van der Waals surface area contributed by atoms with Crippen molar-refractivity contribution in [2.45, 2.75) is 46.1 Å². The van der Waals surface area contributed by atoms with Gasteiger partial charge in [0, 0.05) is 12.2 Å². The first kappa shape index (κ1) is 14.1. The molecule has 1 heterocycles. The van der Waals surface area contributed by atoms with Gasteiger partial charge in [-0.1, -0.05) is 38.0 Å². The minimum atomic E-state index is -0.391. The fraction of sp³-hybridized carbons (Fsp3) is 0.562. The molecule has 3 nitrogen and oxygen atoms in total. The molecule has 0 fully saturated rings. The highest BCUT2D eigenvalue weighted by atomic mass is 16.2. The van der Waals surface area contributed by atoms with Gasteiger partial charge in [0.1, 0.15) is 0 Å². The summed E-state index contributed by atoms with van der Waals surface area (Å²) in [6.07, 6.45) is 3.01. The Morgan fingerprint density at radius 1 is 1.47 bits per heavy atom. The highest BCUT2D eigenvalue weighted by Crippen LogP contribution is 2.29. The highest BCUT2D eigenvalue weighted by molar-refractivity contribution is 5.98.